The maximum absolute atomic E-state index is 14.4. The average Bonchev–Trinajstić information content (AvgIpc) is 2.85. The van der Waals surface area contributed by atoms with Gasteiger partial charge in [-0.3, -0.25) is 4.79 Å². The number of amides is 1. The van der Waals surface area contributed by atoms with E-state index >= 15 is 0 Å². The number of hydrogen-bond acceptors (Lipinski definition) is 4. The van der Waals surface area contributed by atoms with Gasteiger partial charge in [0.1, 0.15) is 0 Å². The minimum atomic E-state index is -4.91. The van der Waals surface area contributed by atoms with Crippen LogP contribution < -0.4 is 5.32 Å². The Morgan fingerprint density at radius 2 is 1.71 bits per heavy atom. The summed E-state index contributed by atoms with van der Waals surface area (Å²) in [5.41, 5.74) is -1.47. The van der Waals surface area contributed by atoms with Crippen molar-refractivity contribution in [2.75, 3.05) is 33.3 Å². The molecule has 1 unspecified atom stereocenters. The predicted octanol–water partition coefficient (Wildman–Crippen LogP) is 4.53. The van der Waals surface area contributed by atoms with Crippen LogP contribution in [0.1, 0.15) is 54.9 Å². The van der Waals surface area contributed by atoms with Crippen molar-refractivity contribution in [2.45, 2.75) is 50.0 Å². The van der Waals surface area contributed by atoms with E-state index in [1.54, 1.807) is 13.0 Å². The molecule has 0 aromatic heterocycles. The fourth-order valence-electron chi connectivity index (χ4n) is 6.00. The number of ether oxygens (including phenoxy) is 1. The van der Waals surface area contributed by atoms with Crippen molar-refractivity contribution in [1.29, 1.82) is 0 Å². The van der Waals surface area contributed by atoms with Crippen molar-refractivity contribution in [2.24, 2.45) is 5.41 Å². The Hall–Kier alpha value is -2.42. The highest BCUT2D eigenvalue weighted by atomic mass is 19.4. The van der Waals surface area contributed by atoms with Gasteiger partial charge in [0.05, 0.1) is 6.10 Å². The van der Waals surface area contributed by atoms with Crippen LogP contribution in [0.4, 0.5) is 13.2 Å². The van der Waals surface area contributed by atoms with Crippen LogP contribution in [0, 0.1) is 5.41 Å². The van der Waals surface area contributed by atoms with Gasteiger partial charge in [-0.05, 0) is 49.3 Å². The molecule has 2 aliphatic rings. The summed E-state index contributed by atoms with van der Waals surface area (Å²) >= 11 is 0. The molecule has 0 radical (unpaired) electrons. The largest absolute Gasteiger partial charge is 0.430 e. The Balaban J connectivity index is 1.62. The van der Waals surface area contributed by atoms with Gasteiger partial charge in [0, 0.05) is 38.2 Å². The van der Waals surface area contributed by atoms with Gasteiger partial charge in [0.25, 0.3) is 11.5 Å². The van der Waals surface area contributed by atoms with Crippen LogP contribution in [0.25, 0.3) is 0 Å². The van der Waals surface area contributed by atoms with E-state index in [1.807, 2.05) is 24.3 Å². The van der Waals surface area contributed by atoms with Gasteiger partial charge in [0.15, 0.2) is 0 Å². The molecule has 8 heteroatoms. The standard InChI is InChI=1S/C27H33F3N2O3/c1-19(33)21-10-6-7-11-22(21)23-18-31-15-12-25(23)13-16-32(17-14-25)24(34)26(35-2,27(28,29)30)20-8-4-3-5-9-20/h3-11,19,23,31,33H,12-18H2,1-2H3/t19-,23?,26-/m1/s1. The molecule has 0 saturated carbocycles. The summed E-state index contributed by atoms with van der Waals surface area (Å²) < 4.78 is 48.3. The van der Waals surface area contributed by atoms with Crippen molar-refractivity contribution in [1.82, 2.24) is 10.2 Å². The summed E-state index contributed by atoms with van der Waals surface area (Å²) in [7, 11) is 0.944. The fourth-order valence-corrected chi connectivity index (χ4v) is 6.00. The quantitative estimate of drug-likeness (QED) is 0.647. The lowest BCUT2D eigenvalue weighted by molar-refractivity contribution is -0.271. The summed E-state index contributed by atoms with van der Waals surface area (Å²) in [5, 5.41) is 13.8. The van der Waals surface area contributed by atoms with Gasteiger partial charge < -0.3 is 20.1 Å². The first-order valence-corrected chi connectivity index (χ1v) is 12.1. The Morgan fingerprint density at radius 3 is 2.31 bits per heavy atom. The van der Waals surface area contributed by atoms with Crippen LogP contribution in [-0.4, -0.2) is 55.4 Å². The fraction of sp³-hybridized carbons (Fsp3) is 0.519. The first kappa shape index (κ1) is 25.7. The number of carbonyl (C=O) groups excluding carboxylic acids is 1. The van der Waals surface area contributed by atoms with Crippen molar-refractivity contribution in [3.63, 3.8) is 0 Å². The van der Waals surface area contributed by atoms with E-state index in [-0.39, 0.29) is 30.0 Å². The molecule has 190 valence electrons. The molecule has 0 aliphatic carbocycles. The highest BCUT2D eigenvalue weighted by Gasteiger charge is 2.64. The summed E-state index contributed by atoms with van der Waals surface area (Å²) in [4.78, 5) is 14.8. The second-order valence-corrected chi connectivity index (χ2v) is 9.72. The number of rotatable bonds is 5. The number of likely N-dealkylation sites (tertiary alicyclic amines) is 1. The Labute approximate surface area is 204 Å². The Morgan fingerprint density at radius 1 is 1.09 bits per heavy atom. The van der Waals surface area contributed by atoms with Crippen LogP contribution >= 0.6 is 0 Å². The molecular weight excluding hydrogens is 457 g/mol. The van der Waals surface area contributed by atoms with Gasteiger partial charge in [0.2, 0.25) is 0 Å². The van der Waals surface area contributed by atoms with Gasteiger partial charge in [-0.1, -0.05) is 54.6 Å². The second kappa shape index (κ2) is 9.91. The molecule has 4 rings (SSSR count). The number of piperidine rings is 2. The first-order chi connectivity index (χ1) is 16.7. The highest BCUT2D eigenvalue weighted by Crippen LogP contribution is 2.51. The van der Waals surface area contributed by atoms with Crippen molar-refractivity contribution < 1.29 is 27.8 Å². The molecule has 2 heterocycles. The van der Waals surface area contributed by atoms with E-state index in [0.29, 0.717) is 12.8 Å². The van der Waals surface area contributed by atoms with Crippen LogP contribution in [-0.2, 0) is 15.1 Å². The van der Waals surface area contributed by atoms with Crippen LogP contribution in [0.3, 0.4) is 0 Å². The molecule has 2 aliphatic heterocycles. The van der Waals surface area contributed by atoms with Gasteiger partial charge in [-0.2, -0.15) is 13.2 Å². The third kappa shape index (κ3) is 4.47. The molecule has 35 heavy (non-hydrogen) atoms. The number of halogens is 3. The molecule has 2 aromatic rings. The van der Waals surface area contributed by atoms with Gasteiger partial charge in [-0.15, -0.1) is 0 Å². The summed E-state index contributed by atoms with van der Waals surface area (Å²) in [6.45, 7) is 3.73. The SMILES string of the molecule is CO[C@@](C(=O)N1CCC2(CCNCC2c2ccccc2[C@@H](C)O)CC1)(c1ccccc1)C(F)(F)F. The Kier molecular flexibility index (Phi) is 7.27. The van der Waals surface area contributed by atoms with Crippen molar-refractivity contribution in [3.8, 4) is 0 Å². The zero-order valence-electron chi connectivity index (χ0n) is 20.1. The summed E-state index contributed by atoms with van der Waals surface area (Å²) in [6.07, 6.45) is -3.49. The summed E-state index contributed by atoms with van der Waals surface area (Å²) in [6, 6.07) is 15.0. The number of nitrogens with zero attached hydrogens (tertiary/aromatic N) is 1. The van der Waals surface area contributed by atoms with Crippen LogP contribution in [0.15, 0.2) is 54.6 Å². The number of hydrogen-bond donors (Lipinski definition) is 2. The highest BCUT2D eigenvalue weighted by molar-refractivity contribution is 5.88. The van der Waals surface area contributed by atoms with E-state index < -0.39 is 23.8 Å². The van der Waals surface area contributed by atoms with Crippen molar-refractivity contribution in [3.05, 3.63) is 71.3 Å². The number of aliphatic hydroxyl groups is 1. The Bertz CT molecular complexity index is 1020. The number of aliphatic hydroxyl groups excluding tert-OH is 1. The molecule has 2 aromatic carbocycles. The zero-order chi connectivity index (χ0) is 25.3. The second-order valence-electron chi connectivity index (χ2n) is 9.72. The monoisotopic (exact) mass is 490 g/mol. The van der Waals surface area contributed by atoms with E-state index in [0.717, 1.165) is 37.7 Å². The molecule has 2 N–H and O–H groups in total. The molecule has 0 bridgehead atoms. The molecule has 1 amide bonds. The lowest BCUT2D eigenvalue weighted by Crippen LogP contribution is -2.59. The average molecular weight is 491 g/mol. The zero-order valence-corrected chi connectivity index (χ0v) is 20.1. The topological polar surface area (TPSA) is 61.8 Å². The van der Waals surface area contributed by atoms with Gasteiger partial charge in [-0.25, -0.2) is 0 Å². The van der Waals surface area contributed by atoms with E-state index in [9.17, 15) is 23.1 Å². The lowest BCUT2D eigenvalue weighted by Gasteiger charge is -2.51. The van der Waals surface area contributed by atoms with Crippen molar-refractivity contribution >= 4 is 5.91 Å². The van der Waals surface area contributed by atoms with E-state index in [1.165, 1.54) is 29.2 Å². The minimum absolute atomic E-state index is 0.100. The summed E-state index contributed by atoms with van der Waals surface area (Å²) in [5.74, 6) is -0.966. The number of carbonyl (C=O) groups is 1. The third-order valence-corrected chi connectivity index (χ3v) is 7.94. The molecule has 3 atom stereocenters. The maximum atomic E-state index is 14.4. The van der Waals surface area contributed by atoms with Gasteiger partial charge >= 0.3 is 6.18 Å². The first-order valence-electron chi connectivity index (χ1n) is 12.1. The number of alkyl halides is 3. The smallest absolute Gasteiger partial charge is 0.389 e. The molecule has 2 saturated heterocycles. The normalized spacial score (nSPS) is 23.0. The maximum Gasteiger partial charge on any atom is 0.430 e. The molecule has 1 spiro atoms. The minimum Gasteiger partial charge on any atom is -0.389 e. The van der Waals surface area contributed by atoms with Crippen LogP contribution in [0.2, 0.25) is 0 Å². The number of methoxy groups -OCH3 is 1. The molecule has 5 nitrogen and oxygen atoms in total. The molecular formula is C27H33F3N2O3. The number of benzene rings is 2. The third-order valence-electron chi connectivity index (χ3n) is 7.94. The number of nitrogens with one attached hydrogen (secondary N) is 1. The van der Waals surface area contributed by atoms with E-state index in [2.05, 4.69) is 5.32 Å². The molecule has 2 fully saturated rings. The lowest BCUT2D eigenvalue weighted by atomic mass is 9.62. The van der Waals surface area contributed by atoms with Crippen LogP contribution in [0.5, 0.6) is 0 Å². The predicted molar refractivity (Wildman–Crippen MR) is 127 cm³/mol. The van der Waals surface area contributed by atoms with E-state index in [4.69, 9.17) is 4.74 Å².